The summed E-state index contributed by atoms with van der Waals surface area (Å²) in [5.41, 5.74) is 5.25. The van der Waals surface area contributed by atoms with Crippen LogP contribution in [0.4, 0.5) is 0 Å². The van der Waals surface area contributed by atoms with Gasteiger partial charge in [0.15, 0.2) is 0 Å². The minimum absolute atomic E-state index is 0.0198. The summed E-state index contributed by atoms with van der Waals surface area (Å²) in [7, 11) is 0. The second kappa shape index (κ2) is 7.65. The molecule has 0 fully saturated rings. The summed E-state index contributed by atoms with van der Waals surface area (Å²) in [4.78, 5) is 32.9. The quantitative estimate of drug-likeness (QED) is 0.478. The van der Waals surface area contributed by atoms with Crippen molar-refractivity contribution in [1.29, 1.82) is 0 Å². The van der Waals surface area contributed by atoms with Gasteiger partial charge in [0.05, 0.1) is 0 Å². The summed E-state index contributed by atoms with van der Waals surface area (Å²) in [5, 5.41) is 19.9. The predicted molar refractivity (Wildman–Crippen MR) is 63.9 cm³/mol. The predicted octanol–water partition coefficient (Wildman–Crippen LogP) is -0.206. The van der Waals surface area contributed by atoms with E-state index in [2.05, 4.69) is 5.32 Å². The molecule has 3 atom stereocenters. The molecule has 0 aliphatic carbocycles. The summed E-state index contributed by atoms with van der Waals surface area (Å²) < 4.78 is 0. The van der Waals surface area contributed by atoms with Gasteiger partial charge in [0.1, 0.15) is 12.1 Å². The van der Waals surface area contributed by atoms with Gasteiger partial charge < -0.3 is 21.3 Å². The Labute approximate surface area is 105 Å². The highest BCUT2D eigenvalue weighted by molar-refractivity contribution is 5.84. The van der Waals surface area contributed by atoms with Gasteiger partial charge in [0.25, 0.3) is 0 Å². The number of carboxylic acids is 2. The molecule has 0 heterocycles. The van der Waals surface area contributed by atoms with Crippen molar-refractivity contribution in [2.24, 2.45) is 11.7 Å². The number of hydrogen-bond donors (Lipinski definition) is 4. The molecule has 7 nitrogen and oxygen atoms in total. The Morgan fingerprint density at radius 2 is 1.78 bits per heavy atom. The van der Waals surface area contributed by atoms with Crippen molar-refractivity contribution < 1.29 is 24.6 Å². The minimum Gasteiger partial charge on any atom is -0.480 e. The van der Waals surface area contributed by atoms with E-state index in [1.165, 1.54) is 0 Å². The van der Waals surface area contributed by atoms with Crippen molar-refractivity contribution >= 4 is 17.8 Å². The van der Waals surface area contributed by atoms with Crippen LogP contribution in [0.2, 0.25) is 0 Å². The third-order valence-corrected chi connectivity index (χ3v) is 2.80. The van der Waals surface area contributed by atoms with Gasteiger partial charge >= 0.3 is 11.9 Å². The molecular weight excluding hydrogens is 240 g/mol. The summed E-state index contributed by atoms with van der Waals surface area (Å²) in [6.07, 6.45) is 0.494. The van der Waals surface area contributed by atoms with Crippen LogP contribution in [0.3, 0.4) is 0 Å². The van der Waals surface area contributed by atoms with E-state index in [9.17, 15) is 14.4 Å². The smallest absolute Gasteiger partial charge is 0.326 e. The summed E-state index contributed by atoms with van der Waals surface area (Å²) in [6, 6.07) is -2.06. The Kier molecular flexibility index (Phi) is 6.96. The lowest BCUT2D eigenvalue weighted by molar-refractivity contribution is -0.143. The van der Waals surface area contributed by atoms with Crippen LogP contribution in [0.1, 0.15) is 33.1 Å². The van der Waals surface area contributed by atoms with Crippen LogP contribution < -0.4 is 11.1 Å². The standard InChI is InChI=1S/C11H20N2O5/c1-3-6(2)9(11(17)18)13-8(14)5-4-7(12)10(15)16/h6-7,9H,3-5,12H2,1-2H3,(H,13,14)(H,15,16)(H,17,18)/t6-,7-,9-/m0/s1. The largest absolute Gasteiger partial charge is 0.480 e. The van der Waals surface area contributed by atoms with Gasteiger partial charge in [0.2, 0.25) is 5.91 Å². The van der Waals surface area contributed by atoms with Crippen LogP contribution in [0.5, 0.6) is 0 Å². The van der Waals surface area contributed by atoms with E-state index in [0.717, 1.165) is 0 Å². The Hall–Kier alpha value is -1.63. The first-order valence-electron chi connectivity index (χ1n) is 5.80. The van der Waals surface area contributed by atoms with Crippen molar-refractivity contribution in [2.75, 3.05) is 0 Å². The molecule has 0 saturated heterocycles. The van der Waals surface area contributed by atoms with Gasteiger partial charge in [-0.25, -0.2) is 4.79 Å². The highest BCUT2D eigenvalue weighted by Gasteiger charge is 2.25. The molecule has 0 unspecified atom stereocenters. The van der Waals surface area contributed by atoms with Crippen LogP contribution >= 0.6 is 0 Å². The molecule has 0 bridgehead atoms. The molecule has 0 aromatic heterocycles. The van der Waals surface area contributed by atoms with Crippen LogP contribution in [0.15, 0.2) is 0 Å². The van der Waals surface area contributed by atoms with Crippen LogP contribution in [0, 0.1) is 5.92 Å². The number of carboxylic acid groups (broad SMARTS) is 2. The number of aliphatic carboxylic acids is 2. The Morgan fingerprint density at radius 1 is 1.22 bits per heavy atom. The zero-order chi connectivity index (χ0) is 14.3. The maximum absolute atomic E-state index is 11.5. The zero-order valence-electron chi connectivity index (χ0n) is 10.5. The van der Waals surface area contributed by atoms with E-state index in [1.54, 1.807) is 6.92 Å². The number of nitrogens with two attached hydrogens (primary N) is 1. The fourth-order valence-corrected chi connectivity index (χ4v) is 1.34. The SMILES string of the molecule is CC[C@H](C)[C@H](NC(=O)CC[C@H](N)C(=O)O)C(=O)O. The van der Waals surface area contributed by atoms with E-state index in [1.807, 2.05) is 6.92 Å². The molecule has 1 amide bonds. The summed E-state index contributed by atoms with van der Waals surface area (Å²) in [5.74, 6) is -2.97. The molecule has 0 aliphatic rings. The molecule has 0 aliphatic heterocycles. The first-order chi connectivity index (χ1) is 8.29. The Balaban J connectivity index is 4.27. The number of amides is 1. The average molecular weight is 260 g/mol. The summed E-state index contributed by atoms with van der Waals surface area (Å²) >= 11 is 0. The number of hydrogen-bond acceptors (Lipinski definition) is 4. The second-order valence-corrected chi connectivity index (χ2v) is 4.25. The molecule has 104 valence electrons. The topological polar surface area (TPSA) is 130 Å². The Morgan fingerprint density at radius 3 is 2.17 bits per heavy atom. The van der Waals surface area contributed by atoms with Crippen molar-refractivity contribution in [1.82, 2.24) is 5.32 Å². The maximum atomic E-state index is 11.5. The van der Waals surface area contributed by atoms with E-state index < -0.39 is 29.9 Å². The normalized spacial score (nSPS) is 15.5. The third-order valence-electron chi connectivity index (χ3n) is 2.80. The van der Waals surface area contributed by atoms with Crippen molar-refractivity contribution in [3.05, 3.63) is 0 Å². The number of carbonyl (C=O) groups excluding carboxylic acids is 1. The molecule has 0 spiro atoms. The molecule has 0 radical (unpaired) electrons. The zero-order valence-corrected chi connectivity index (χ0v) is 10.5. The average Bonchev–Trinajstić information content (AvgIpc) is 2.31. The second-order valence-electron chi connectivity index (χ2n) is 4.25. The number of rotatable bonds is 8. The molecule has 5 N–H and O–H groups in total. The Bertz CT molecular complexity index is 319. The van der Waals surface area contributed by atoms with Crippen molar-refractivity contribution in [3.8, 4) is 0 Å². The molecular formula is C11H20N2O5. The first kappa shape index (κ1) is 16.4. The molecule has 0 rings (SSSR count). The van der Waals surface area contributed by atoms with Crippen LogP contribution in [-0.2, 0) is 14.4 Å². The molecule has 7 heteroatoms. The van der Waals surface area contributed by atoms with Gasteiger partial charge in [0, 0.05) is 6.42 Å². The molecule has 0 aromatic rings. The lowest BCUT2D eigenvalue weighted by Gasteiger charge is -2.20. The van der Waals surface area contributed by atoms with E-state index in [0.29, 0.717) is 6.42 Å². The molecule has 0 aromatic carbocycles. The van der Waals surface area contributed by atoms with Gasteiger partial charge in [-0.15, -0.1) is 0 Å². The highest BCUT2D eigenvalue weighted by Crippen LogP contribution is 2.08. The van der Waals surface area contributed by atoms with Gasteiger partial charge in [-0.1, -0.05) is 20.3 Å². The summed E-state index contributed by atoms with van der Waals surface area (Å²) in [6.45, 7) is 3.55. The van der Waals surface area contributed by atoms with E-state index in [4.69, 9.17) is 15.9 Å². The third kappa shape index (κ3) is 5.62. The van der Waals surface area contributed by atoms with Crippen molar-refractivity contribution in [3.63, 3.8) is 0 Å². The highest BCUT2D eigenvalue weighted by atomic mass is 16.4. The fraction of sp³-hybridized carbons (Fsp3) is 0.727. The lowest BCUT2D eigenvalue weighted by Crippen LogP contribution is -2.45. The minimum atomic E-state index is -1.18. The molecule has 0 saturated carbocycles. The van der Waals surface area contributed by atoms with Crippen LogP contribution in [0.25, 0.3) is 0 Å². The van der Waals surface area contributed by atoms with E-state index >= 15 is 0 Å². The number of carbonyl (C=O) groups is 3. The monoisotopic (exact) mass is 260 g/mol. The fourth-order valence-electron chi connectivity index (χ4n) is 1.34. The van der Waals surface area contributed by atoms with Crippen molar-refractivity contribution in [2.45, 2.75) is 45.2 Å². The van der Waals surface area contributed by atoms with Gasteiger partial charge in [-0.2, -0.15) is 0 Å². The van der Waals surface area contributed by atoms with Crippen LogP contribution in [-0.4, -0.2) is 40.1 Å². The maximum Gasteiger partial charge on any atom is 0.326 e. The lowest BCUT2D eigenvalue weighted by atomic mass is 9.99. The van der Waals surface area contributed by atoms with E-state index in [-0.39, 0.29) is 18.8 Å². The first-order valence-corrected chi connectivity index (χ1v) is 5.80. The van der Waals surface area contributed by atoms with Gasteiger partial charge in [-0.3, -0.25) is 9.59 Å². The van der Waals surface area contributed by atoms with Gasteiger partial charge in [-0.05, 0) is 12.3 Å². The number of nitrogens with one attached hydrogen (secondary N) is 1. The molecule has 18 heavy (non-hydrogen) atoms.